The van der Waals surface area contributed by atoms with Crippen LogP contribution in [0.15, 0.2) is 53.8 Å². The molecule has 1 aliphatic carbocycles. The third-order valence-corrected chi connectivity index (χ3v) is 11.8. The number of hydrogen-bond acceptors (Lipinski definition) is 9. The molecule has 2 aliphatic heterocycles. The summed E-state index contributed by atoms with van der Waals surface area (Å²) in [5, 5.41) is 13.3. The van der Waals surface area contributed by atoms with E-state index < -0.39 is 30.0 Å². The van der Waals surface area contributed by atoms with Gasteiger partial charge in [-0.1, -0.05) is 12.1 Å². The Labute approximate surface area is 315 Å². The van der Waals surface area contributed by atoms with Gasteiger partial charge in [0.05, 0.1) is 29.0 Å². The van der Waals surface area contributed by atoms with Crippen LogP contribution in [-0.4, -0.2) is 93.8 Å². The zero-order valence-corrected chi connectivity index (χ0v) is 30.9. The molecular weight excluding hydrogens is 712 g/mol. The zero-order valence-electron chi connectivity index (χ0n) is 30.9. The number of alkyl halides is 2. The molecule has 0 radical (unpaired) electrons. The summed E-state index contributed by atoms with van der Waals surface area (Å²) in [7, 11) is 3.93. The van der Waals surface area contributed by atoms with Crippen LogP contribution < -0.4 is 16.3 Å². The lowest BCUT2D eigenvalue weighted by Crippen LogP contribution is -2.44. The number of nitrogens with zero attached hydrogens (tertiary/aromatic N) is 9. The first-order valence-corrected chi connectivity index (χ1v) is 19.0. The van der Waals surface area contributed by atoms with Gasteiger partial charge >= 0.3 is 5.69 Å². The summed E-state index contributed by atoms with van der Waals surface area (Å²) in [5.74, 6) is -0.835. The maximum Gasteiger partial charge on any atom is 0.329 e. The first-order valence-electron chi connectivity index (χ1n) is 19.0. The number of amides is 3. The van der Waals surface area contributed by atoms with Gasteiger partial charge in [-0.2, -0.15) is 10.2 Å². The van der Waals surface area contributed by atoms with Crippen LogP contribution in [0.1, 0.15) is 91.5 Å². The predicted octanol–water partition coefficient (Wildman–Crippen LogP) is 4.07. The van der Waals surface area contributed by atoms with Crippen molar-refractivity contribution in [1.29, 1.82) is 0 Å². The fraction of sp³-hybridized carbons (Fsp3) is 0.500. The lowest BCUT2D eigenvalue weighted by Gasteiger charge is -2.39. The Kier molecular flexibility index (Phi) is 10.1. The third-order valence-electron chi connectivity index (χ3n) is 11.8. The Hall–Kier alpha value is -5.29. The van der Waals surface area contributed by atoms with Crippen molar-refractivity contribution in [1.82, 2.24) is 48.6 Å². The number of hydrogen-bond donors (Lipinski definition) is 2. The number of piperidine rings is 2. The van der Waals surface area contributed by atoms with E-state index in [0.29, 0.717) is 36.1 Å². The highest BCUT2D eigenvalue weighted by Gasteiger charge is 2.33. The normalized spacial score (nSPS) is 21.6. The molecule has 17 heteroatoms. The molecule has 8 rings (SSSR count). The number of likely N-dealkylation sites (tertiary alicyclic amines) is 1. The van der Waals surface area contributed by atoms with Crippen molar-refractivity contribution in [2.45, 2.75) is 82.5 Å². The van der Waals surface area contributed by atoms with Gasteiger partial charge in [0.25, 0.3) is 12.3 Å². The van der Waals surface area contributed by atoms with Gasteiger partial charge in [0.15, 0.2) is 11.3 Å². The average molecular weight is 758 g/mol. The molecule has 3 amide bonds. The van der Waals surface area contributed by atoms with Crippen molar-refractivity contribution < 1.29 is 23.2 Å². The average Bonchev–Trinajstić information content (AvgIpc) is 3.87. The summed E-state index contributed by atoms with van der Waals surface area (Å²) >= 11 is 0. The summed E-state index contributed by atoms with van der Waals surface area (Å²) in [5.41, 5.74) is 2.36. The van der Waals surface area contributed by atoms with Crippen LogP contribution in [0.2, 0.25) is 0 Å². The quantitative estimate of drug-likeness (QED) is 0.201. The van der Waals surface area contributed by atoms with Crippen LogP contribution in [0, 0.1) is 5.92 Å². The van der Waals surface area contributed by atoms with E-state index in [1.807, 2.05) is 18.2 Å². The van der Waals surface area contributed by atoms with E-state index in [1.165, 1.54) is 27.7 Å². The van der Waals surface area contributed by atoms with E-state index in [9.17, 15) is 28.0 Å². The van der Waals surface area contributed by atoms with Crippen LogP contribution in [-0.2, 0) is 23.2 Å². The first-order chi connectivity index (χ1) is 26.5. The molecule has 4 aromatic heterocycles. The lowest BCUT2D eigenvalue weighted by atomic mass is 9.85. The van der Waals surface area contributed by atoms with Crippen molar-refractivity contribution in [3.63, 3.8) is 0 Å². The maximum absolute atomic E-state index is 14.1. The van der Waals surface area contributed by atoms with E-state index in [-0.39, 0.29) is 35.3 Å². The topological polar surface area (TPSA) is 157 Å². The van der Waals surface area contributed by atoms with Crippen molar-refractivity contribution >= 4 is 40.1 Å². The van der Waals surface area contributed by atoms with Gasteiger partial charge in [0, 0.05) is 51.2 Å². The molecule has 0 spiro atoms. The van der Waals surface area contributed by atoms with Crippen LogP contribution in [0.3, 0.4) is 0 Å². The summed E-state index contributed by atoms with van der Waals surface area (Å²) in [6, 6.07) is 7.22. The van der Waals surface area contributed by atoms with Crippen LogP contribution in [0.25, 0.3) is 16.7 Å². The summed E-state index contributed by atoms with van der Waals surface area (Å²) in [6.07, 6.45) is 9.31. The number of rotatable bonds is 10. The number of nitrogens with one attached hydrogen (secondary N) is 2. The second-order valence-corrected chi connectivity index (χ2v) is 15.2. The minimum absolute atomic E-state index is 0.00478. The molecule has 5 aromatic rings. The third kappa shape index (κ3) is 7.17. The molecule has 2 N–H and O–H groups in total. The number of para-hydroxylation sites is 1. The van der Waals surface area contributed by atoms with Crippen molar-refractivity contribution in [2.24, 2.45) is 13.0 Å². The molecule has 6 heterocycles. The molecule has 1 aromatic carbocycles. The molecule has 0 bridgehead atoms. The van der Waals surface area contributed by atoms with E-state index in [1.54, 1.807) is 28.6 Å². The Bertz CT molecular complexity index is 2300. The van der Waals surface area contributed by atoms with Gasteiger partial charge in [-0.25, -0.2) is 23.1 Å². The molecule has 2 saturated heterocycles. The Morgan fingerprint density at radius 3 is 2.58 bits per heavy atom. The number of fused-ring (bicyclic) bond motifs is 2. The minimum atomic E-state index is -2.84. The van der Waals surface area contributed by atoms with Crippen LogP contribution in [0.4, 0.5) is 14.5 Å². The Morgan fingerprint density at radius 1 is 1.05 bits per heavy atom. The number of carbonyl (C=O) groups excluding carboxylic acids is 3. The molecule has 3 fully saturated rings. The van der Waals surface area contributed by atoms with Gasteiger partial charge in [-0.15, -0.1) is 0 Å². The molecule has 15 nitrogen and oxygen atoms in total. The molecule has 3 aliphatic rings. The smallest absolute Gasteiger partial charge is 0.319 e. The summed E-state index contributed by atoms with van der Waals surface area (Å²) in [6.45, 7) is 3.48. The largest absolute Gasteiger partial charge is 0.329 e. The number of benzene rings is 1. The summed E-state index contributed by atoms with van der Waals surface area (Å²) < 4.78 is 34.3. The fourth-order valence-corrected chi connectivity index (χ4v) is 8.81. The van der Waals surface area contributed by atoms with Gasteiger partial charge in [0.1, 0.15) is 11.6 Å². The highest BCUT2D eigenvalue weighted by molar-refractivity contribution is 6.08. The predicted molar refractivity (Wildman–Crippen MR) is 199 cm³/mol. The van der Waals surface area contributed by atoms with E-state index in [2.05, 4.69) is 42.7 Å². The number of aromatic nitrogens is 7. The molecule has 1 saturated carbocycles. The first kappa shape index (κ1) is 36.7. The molecular formula is C38H45F2N11O4. The van der Waals surface area contributed by atoms with Gasteiger partial charge < -0.3 is 10.2 Å². The fourth-order valence-electron chi connectivity index (χ4n) is 8.81. The molecule has 55 heavy (non-hydrogen) atoms. The second-order valence-electron chi connectivity index (χ2n) is 15.2. The van der Waals surface area contributed by atoms with E-state index in [0.717, 1.165) is 69.2 Å². The number of halogens is 2. The highest BCUT2D eigenvalue weighted by Crippen LogP contribution is 2.36. The van der Waals surface area contributed by atoms with Crippen molar-refractivity contribution in [3.05, 3.63) is 76.4 Å². The van der Waals surface area contributed by atoms with E-state index >= 15 is 0 Å². The molecule has 290 valence electrons. The Balaban J connectivity index is 0.842. The van der Waals surface area contributed by atoms with Crippen LogP contribution in [0.5, 0.6) is 0 Å². The number of carbonyl (C=O) groups is 3. The standard InChI is InChI=1S/C38H45F2N11O4/c1-46(25-13-17-48(18-14-25)21-24-5-3-6-29-33(24)47(2)38(55)51(29)30-11-12-31(52)44-37(30)54)20-23-7-9-26(10-8-23)50-22-28(32(45-50)34(39)40)43-36(53)27-19-42-49-16-4-15-41-35(27)49/h3-6,15-16,19,22-23,25-26,30,34H,7-14,17-18,20-21H2,1-2H3,(H,43,53)(H,44,52,54). The van der Waals surface area contributed by atoms with Crippen molar-refractivity contribution in [3.8, 4) is 0 Å². The molecule has 1 unspecified atom stereocenters. The Morgan fingerprint density at radius 2 is 1.84 bits per heavy atom. The minimum Gasteiger partial charge on any atom is -0.319 e. The lowest BCUT2D eigenvalue weighted by molar-refractivity contribution is -0.135. The number of aryl methyl sites for hydroxylation is 1. The second kappa shape index (κ2) is 15.1. The van der Waals surface area contributed by atoms with Crippen molar-refractivity contribution in [2.75, 3.05) is 32.0 Å². The van der Waals surface area contributed by atoms with E-state index in [4.69, 9.17) is 0 Å². The van der Waals surface area contributed by atoms with Crippen LogP contribution >= 0.6 is 0 Å². The zero-order chi connectivity index (χ0) is 38.4. The maximum atomic E-state index is 14.1. The number of anilines is 1. The highest BCUT2D eigenvalue weighted by atomic mass is 19.3. The number of imidazole rings is 1. The SMILES string of the molecule is CN(CC1CCC(n2cc(NC(=O)c3cnn4cccnc34)c(C(F)F)n2)CC1)C1CCN(Cc2cccc3c2n(C)c(=O)n3C2CCC(=O)NC2=O)CC1. The summed E-state index contributed by atoms with van der Waals surface area (Å²) in [4.78, 5) is 59.9. The van der Waals surface area contributed by atoms with Gasteiger partial charge in [0.2, 0.25) is 11.8 Å². The number of imide groups is 1. The molecule has 1 atom stereocenters. The van der Waals surface area contributed by atoms with Gasteiger partial charge in [-0.05, 0) is 88.7 Å². The van der Waals surface area contributed by atoms with Gasteiger partial charge in [-0.3, -0.25) is 38.4 Å². The monoisotopic (exact) mass is 757 g/mol.